The summed E-state index contributed by atoms with van der Waals surface area (Å²) in [5.41, 5.74) is 2.89. The van der Waals surface area contributed by atoms with Gasteiger partial charge in [-0.05, 0) is 53.3 Å². The molecule has 0 aromatic heterocycles. The van der Waals surface area contributed by atoms with E-state index >= 15 is 0 Å². The third-order valence-corrected chi connectivity index (χ3v) is 6.48. The van der Waals surface area contributed by atoms with Crippen molar-refractivity contribution in [3.05, 3.63) is 59.7 Å². The largest absolute Gasteiger partial charge is 0.310 e. The molecule has 1 nitrogen and oxygen atoms in total. The number of hydrogen-bond donors (Lipinski definition) is 1. The molecule has 1 fully saturated rings. The van der Waals surface area contributed by atoms with E-state index in [4.69, 9.17) is 0 Å². The van der Waals surface area contributed by atoms with Gasteiger partial charge in [-0.25, -0.2) is 0 Å². The molecule has 24 heavy (non-hydrogen) atoms. The highest BCUT2D eigenvalue weighted by Gasteiger charge is 2.24. The third kappa shape index (κ3) is 4.89. The van der Waals surface area contributed by atoms with Gasteiger partial charge in [-0.3, -0.25) is 0 Å². The maximum atomic E-state index is 3.86. The summed E-state index contributed by atoms with van der Waals surface area (Å²) in [6, 6.07) is 18.1. The lowest BCUT2D eigenvalue weighted by molar-refractivity contribution is 0.248. The van der Waals surface area contributed by atoms with Crippen molar-refractivity contribution in [1.29, 1.82) is 0 Å². The van der Waals surface area contributed by atoms with Crippen LogP contribution in [0.2, 0.25) is 0 Å². The maximum Gasteiger partial charge on any atom is 0.0214 e. The van der Waals surface area contributed by atoms with Gasteiger partial charge in [0.25, 0.3) is 0 Å². The average molecular weight is 357 g/mol. The zero-order valence-corrected chi connectivity index (χ0v) is 16.7. The Balaban J connectivity index is 1.57. The molecule has 128 valence electrons. The quantitative estimate of drug-likeness (QED) is 0.772. The van der Waals surface area contributed by atoms with E-state index in [1.165, 1.54) is 60.3 Å². The zero-order valence-electron chi connectivity index (χ0n) is 14.4. The molecule has 0 spiro atoms. The molecule has 2 aromatic carbocycles. The highest BCUT2D eigenvalue weighted by Crippen LogP contribution is 2.28. The van der Waals surface area contributed by atoms with E-state index in [0.29, 0.717) is 6.04 Å². The van der Waals surface area contributed by atoms with Gasteiger partial charge in [0.1, 0.15) is 0 Å². The molecule has 0 amide bonds. The summed E-state index contributed by atoms with van der Waals surface area (Å²) < 4.78 is 0. The number of aryl methyl sites for hydroxylation is 1. The van der Waals surface area contributed by atoms with Crippen LogP contribution in [0.1, 0.15) is 43.2 Å². The first-order chi connectivity index (χ1) is 11.7. The molecule has 1 saturated carbocycles. The molecule has 4 unspecified atom stereocenters. The first-order valence-corrected chi connectivity index (χ1v) is 10.3. The molecule has 0 aliphatic heterocycles. The van der Waals surface area contributed by atoms with Crippen LogP contribution in [-0.2, 0) is 13.0 Å². The van der Waals surface area contributed by atoms with Crippen LogP contribution in [0.5, 0.6) is 0 Å². The summed E-state index contributed by atoms with van der Waals surface area (Å²) in [6.45, 7) is 0.987. The molecule has 0 radical (unpaired) electrons. The highest BCUT2D eigenvalue weighted by atomic mass is 31.0. The SMILES string of the molecule is Pc1ccccc1CCC1CCCCC1NCc1ccccc1P. The molecule has 3 rings (SSSR count). The number of nitrogens with one attached hydrogen (secondary N) is 1. The molecular weight excluding hydrogens is 328 g/mol. The summed E-state index contributed by atoms with van der Waals surface area (Å²) in [7, 11) is 5.74. The summed E-state index contributed by atoms with van der Waals surface area (Å²) in [4.78, 5) is 0. The van der Waals surface area contributed by atoms with Gasteiger partial charge in [-0.15, -0.1) is 18.5 Å². The number of hydrogen-bond acceptors (Lipinski definition) is 1. The zero-order chi connectivity index (χ0) is 16.8. The normalized spacial score (nSPS) is 20.9. The highest BCUT2D eigenvalue weighted by molar-refractivity contribution is 7.27. The van der Waals surface area contributed by atoms with Gasteiger partial charge >= 0.3 is 0 Å². The topological polar surface area (TPSA) is 12.0 Å². The van der Waals surface area contributed by atoms with E-state index in [-0.39, 0.29) is 0 Å². The number of benzene rings is 2. The minimum absolute atomic E-state index is 0.667. The van der Waals surface area contributed by atoms with Gasteiger partial charge in [0.2, 0.25) is 0 Å². The van der Waals surface area contributed by atoms with Crippen LogP contribution in [0.4, 0.5) is 0 Å². The lowest BCUT2D eigenvalue weighted by atomic mass is 9.81. The lowest BCUT2D eigenvalue weighted by Crippen LogP contribution is -2.39. The van der Waals surface area contributed by atoms with Crippen molar-refractivity contribution in [1.82, 2.24) is 5.32 Å². The first-order valence-electron chi connectivity index (χ1n) is 9.14. The van der Waals surface area contributed by atoms with E-state index in [0.717, 1.165) is 12.5 Å². The Morgan fingerprint density at radius 1 is 0.833 bits per heavy atom. The van der Waals surface area contributed by atoms with E-state index < -0.39 is 0 Å². The standard InChI is InChI=1S/C21H29NP2/c23-20-11-5-2-8-17(20)14-13-16-7-1-4-10-19(16)22-15-18-9-3-6-12-21(18)24/h2-3,5-6,8-9,11-12,16,19,22H,1,4,7,10,13-15,23-24H2. The lowest BCUT2D eigenvalue weighted by Gasteiger charge is -2.33. The first kappa shape index (κ1) is 18.1. The van der Waals surface area contributed by atoms with Crippen molar-refractivity contribution >= 4 is 29.1 Å². The maximum absolute atomic E-state index is 3.86. The molecule has 2 aromatic rings. The van der Waals surface area contributed by atoms with E-state index in [1.54, 1.807) is 0 Å². The van der Waals surface area contributed by atoms with Crippen molar-refractivity contribution in [2.45, 2.75) is 51.1 Å². The second kappa shape index (κ2) is 9.10. The van der Waals surface area contributed by atoms with Crippen LogP contribution in [0, 0.1) is 5.92 Å². The van der Waals surface area contributed by atoms with Crippen LogP contribution in [-0.4, -0.2) is 6.04 Å². The second-order valence-corrected chi connectivity index (χ2v) is 8.21. The summed E-state index contributed by atoms with van der Waals surface area (Å²) in [6.07, 6.45) is 7.96. The Labute approximate surface area is 151 Å². The van der Waals surface area contributed by atoms with Crippen LogP contribution in [0.15, 0.2) is 48.5 Å². The van der Waals surface area contributed by atoms with Crippen molar-refractivity contribution in [2.24, 2.45) is 5.92 Å². The fraction of sp³-hybridized carbons (Fsp3) is 0.429. The minimum Gasteiger partial charge on any atom is -0.310 e. The molecule has 4 atom stereocenters. The monoisotopic (exact) mass is 357 g/mol. The van der Waals surface area contributed by atoms with Gasteiger partial charge in [0.15, 0.2) is 0 Å². The number of rotatable bonds is 6. The van der Waals surface area contributed by atoms with Gasteiger partial charge in [0.05, 0.1) is 0 Å². The van der Waals surface area contributed by atoms with Crippen molar-refractivity contribution in [2.75, 3.05) is 0 Å². The third-order valence-electron chi connectivity index (χ3n) is 5.36. The van der Waals surface area contributed by atoms with Gasteiger partial charge in [0, 0.05) is 12.6 Å². The van der Waals surface area contributed by atoms with Gasteiger partial charge in [-0.2, -0.15) is 0 Å². The Morgan fingerprint density at radius 2 is 1.46 bits per heavy atom. The average Bonchev–Trinajstić information content (AvgIpc) is 2.61. The Kier molecular flexibility index (Phi) is 6.85. The molecule has 0 bridgehead atoms. The summed E-state index contributed by atoms with van der Waals surface area (Å²) in [5, 5.41) is 6.53. The van der Waals surface area contributed by atoms with Crippen LogP contribution in [0.3, 0.4) is 0 Å². The summed E-state index contributed by atoms with van der Waals surface area (Å²) in [5.74, 6) is 0.806. The summed E-state index contributed by atoms with van der Waals surface area (Å²) >= 11 is 0. The molecule has 0 heterocycles. The Hall–Kier alpha value is -0.740. The van der Waals surface area contributed by atoms with Gasteiger partial charge in [-0.1, -0.05) is 61.4 Å². The minimum atomic E-state index is 0.667. The van der Waals surface area contributed by atoms with Crippen molar-refractivity contribution < 1.29 is 0 Å². The van der Waals surface area contributed by atoms with Gasteiger partial charge < -0.3 is 5.32 Å². The Bertz CT molecular complexity index is 598. The molecule has 3 heteroatoms. The fourth-order valence-corrected chi connectivity index (χ4v) is 4.52. The second-order valence-electron chi connectivity index (χ2n) is 6.97. The van der Waals surface area contributed by atoms with Crippen molar-refractivity contribution in [3.63, 3.8) is 0 Å². The smallest absolute Gasteiger partial charge is 0.0214 e. The predicted molar refractivity (Wildman–Crippen MR) is 112 cm³/mol. The van der Waals surface area contributed by atoms with Crippen LogP contribution < -0.4 is 15.9 Å². The van der Waals surface area contributed by atoms with Crippen molar-refractivity contribution in [3.8, 4) is 0 Å². The Morgan fingerprint density at radius 3 is 2.17 bits per heavy atom. The molecule has 0 saturated heterocycles. The predicted octanol–water partition coefficient (Wildman–Crippen LogP) is 3.97. The molecule has 1 aliphatic carbocycles. The van der Waals surface area contributed by atoms with Crippen LogP contribution in [0.25, 0.3) is 0 Å². The molecule has 1 N–H and O–H groups in total. The van der Waals surface area contributed by atoms with E-state index in [2.05, 4.69) is 72.3 Å². The van der Waals surface area contributed by atoms with E-state index in [1.807, 2.05) is 0 Å². The molecule has 1 aliphatic rings. The molecular formula is C21H29NP2. The van der Waals surface area contributed by atoms with Crippen LogP contribution >= 0.6 is 18.5 Å². The fourth-order valence-electron chi connectivity index (χ4n) is 3.86. The van der Waals surface area contributed by atoms with E-state index in [9.17, 15) is 0 Å².